The number of carbonyl (C=O) groups is 2. The lowest BCUT2D eigenvalue weighted by atomic mass is 9.99. The molecule has 2 aromatic carbocycles. The summed E-state index contributed by atoms with van der Waals surface area (Å²) < 4.78 is 0. The summed E-state index contributed by atoms with van der Waals surface area (Å²) in [6, 6.07) is 11.9. The predicted molar refractivity (Wildman–Crippen MR) is 109 cm³/mol. The molecule has 1 aliphatic rings. The van der Waals surface area contributed by atoms with Crippen molar-refractivity contribution in [2.24, 2.45) is 0 Å². The molecule has 4 heteroatoms. The molecule has 140 valence electrons. The van der Waals surface area contributed by atoms with Crippen molar-refractivity contribution in [1.82, 2.24) is 4.90 Å². The van der Waals surface area contributed by atoms with Gasteiger partial charge in [0.25, 0.3) is 11.8 Å². The number of nitrogens with zero attached hydrogens (tertiary/aromatic N) is 1. The van der Waals surface area contributed by atoms with Gasteiger partial charge < -0.3 is 5.32 Å². The maximum Gasteiger partial charge on any atom is 0.278 e. The summed E-state index contributed by atoms with van der Waals surface area (Å²) in [7, 11) is 0. The van der Waals surface area contributed by atoms with Gasteiger partial charge in [0, 0.05) is 12.2 Å². The number of imide groups is 1. The number of rotatable bonds is 5. The average Bonchev–Trinajstić information content (AvgIpc) is 2.85. The van der Waals surface area contributed by atoms with Crippen molar-refractivity contribution in [2.75, 3.05) is 11.9 Å². The van der Waals surface area contributed by atoms with Gasteiger partial charge in [-0.1, -0.05) is 37.3 Å². The van der Waals surface area contributed by atoms with Gasteiger partial charge in [0.1, 0.15) is 5.70 Å². The minimum Gasteiger partial charge on any atom is -0.350 e. The van der Waals surface area contributed by atoms with Crippen LogP contribution in [-0.4, -0.2) is 23.3 Å². The second-order valence-electron chi connectivity index (χ2n) is 7.25. The molecule has 0 fully saturated rings. The quantitative estimate of drug-likeness (QED) is 0.796. The van der Waals surface area contributed by atoms with Crippen LogP contribution >= 0.6 is 0 Å². The smallest absolute Gasteiger partial charge is 0.278 e. The fourth-order valence-corrected chi connectivity index (χ4v) is 3.29. The van der Waals surface area contributed by atoms with Crippen LogP contribution < -0.4 is 5.32 Å². The molecule has 1 N–H and O–H groups in total. The summed E-state index contributed by atoms with van der Waals surface area (Å²) in [6.07, 6.45) is 0.731. The molecular formula is C23H26N2O2. The molecule has 0 saturated carbocycles. The second-order valence-corrected chi connectivity index (χ2v) is 7.25. The summed E-state index contributed by atoms with van der Waals surface area (Å²) in [4.78, 5) is 27.4. The van der Waals surface area contributed by atoms with Crippen molar-refractivity contribution in [2.45, 2.75) is 41.0 Å². The van der Waals surface area contributed by atoms with Crippen molar-refractivity contribution in [1.29, 1.82) is 0 Å². The van der Waals surface area contributed by atoms with E-state index in [0.29, 0.717) is 17.8 Å². The van der Waals surface area contributed by atoms with E-state index in [1.54, 1.807) is 0 Å². The molecule has 27 heavy (non-hydrogen) atoms. The third kappa shape index (κ3) is 3.52. The first-order chi connectivity index (χ1) is 12.8. The predicted octanol–water partition coefficient (Wildman–Crippen LogP) is 4.52. The minimum absolute atomic E-state index is 0.224. The molecular weight excluding hydrogens is 336 g/mol. The fraction of sp³-hybridized carbons (Fsp3) is 0.304. The molecule has 1 aliphatic heterocycles. The van der Waals surface area contributed by atoms with Crippen LogP contribution in [0.1, 0.15) is 41.2 Å². The lowest BCUT2D eigenvalue weighted by molar-refractivity contribution is -0.136. The molecule has 0 spiro atoms. The van der Waals surface area contributed by atoms with E-state index in [1.807, 2.05) is 71.0 Å². The number of aryl methyl sites for hydroxylation is 4. The molecule has 1 heterocycles. The highest BCUT2D eigenvalue weighted by Crippen LogP contribution is 2.32. The second kappa shape index (κ2) is 7.39. The number of anilines is 1. The third-order valence-electron chi connectivity index (χ3n) is 5.06. The van der Waals surface area contributed by atoms with E-state index >= 15 is 0 Å². The van der Waals surface area contributed by atoms with Crippen molar-refractivity contribution in [3.63, 3.8) is 0 Å². The largest absolute Gasteiger partial charge is 0.350 e. The van der Waals surface area contributed by atoms with Crippen LogP contribution in [0.3, 0.4) is 0 Å². The highest BCUT2D eigenvalue weighted by molar-refractivity contribution is 6.36. The highest BCUT2D eigenvalue weighted by Gasteiger charge is 2.38. The maximum atomic E-state index is 13.1. The topological polar surface area (TPSA) is 49.4 Å². The number of nitrogens with one attached hydrogen (secondary N) is 1. The number of benzene rings is 2. The Hall–Kier alpha value is -2.88. The molecule has 0 unspecified atom stereocenters. The lowest BCUT2D eigenvalue weighted by Crippen LogP contribution is -2.33. The standard InChI is InChI=1S/C23H26N2O2/c1-6-11-25-22(26)20(18-10-9-15(3)17(5)13-18)21(23(25)27)24-19-12-14(2)7-8-16(19)4/h7-10,12-13,24H,6,11H2,1-5H3. The molecule has 0 saturated heterocycles. The number of amides is 2. The van der Waals surface area contributed by atoms with E-state index in [4.69, 9.17) is 0 Å². The van der Waals surface area contributed by atoms with Crippen LogP contribution in [0.5, 0.6) is 0 Å². The molecule has 0 radical (unpaired) electrons. The minimum atomic E-state index is -0.254. The van der Waals surface area contributed by atoms with E-state index in [2.05, 4.69) is 5.32 Å². The van der Waals surface area contributed by atoms with Crippen LogP contribution in [0.4, 0.5) is 5.69 Å². The Morgan fingerprint density at radius 2 is 1.56 bits per heavy atom. The first-order valence-electron chi connectivity index (χ1n) is 9.35. The van der Waals surface area contributed by atoms with Gasteiger partial charge in [-0.25, -0.2) is 0 Å². The molecule has 2 amide bonds. The average molecular weight is 362 g/mol. The van der Waals surface area contributed by atoms with Crippen LogP contribution in [0, 0.1) is 27.7 Å². The molecule has 0 aliphatic carbocycles. The molecule has 0 aromatic heterocycles. The Balaban J connectivity index is 2.14. The van der Waals surface area contributed by atoms with Gasteiger partial charge in [0.2, 0.25) is 0 Å². The van der Waals surface area contributed by atoms with E-state index in [1.165, 1.54) is 4.90 Å². The Morgan fingerprint density at radius 1 is 0.852 bits per heavy atom. The van der Waals surface area contributed by atoms with Gasteiger partial charge in [-0.2, -0.15) is 0 Å². The number of hydrogen-bond acceptors (Lipinski definition) is 3. The van der Waals surface area contributed by atoms with Gasteiger partial charge in [0.15, 0.2) is 0 Å². The molecule has 0 atom stereocenters. The van der Waals surface area contributed by atoms with Gasteiger partial charge in [-0.05, 0) is 68.0 Å². The first-order valence-corrected chi connectivity index (χ1v) is 9.35. The van der Waals surface area contributed by atoms with Gasteiger partial charge >= 0.3 is 0 Å². The van der Waals surface area contributed by atoms with Crippen molar-refractivity contribution in [3.8, 4) is 0 Å². The van der Waals surface area contributed by atoms with Crippen LogP contribution in [-0.2, 0) is 9.59 Å². The summed E-state index contributed by atoms with van der Waals surface area (Å²) in [5.74, 6) is -0.478. The molecule has 0 bridgehead atoms. The number of hydrogen-bond donors (Lipinski definition) is 1. The van der Waals surface area contributed by atoms with E-state index < -0.39 is 0 Å². The summed E-state index contributed by atoms with van der Waals surface area (Å²) in [5.41, 5.74) is 6.84. The Kier molecular flexibility index (Phi) is 5.17. The maximum absolute atomic E-state index is 13.1. The molecule has 4 nitrogen and oxygen atoms in total. The van der Waals surface area contributed by atoms with Crippen LogP contribution in [0.25, 0.3) is 5.57 Å². The van der Waals surface area contributed by atoms with Crippen molar-refractivity contribution in [3.05, 3.63) is 69.9 Å². The summed E-state index contributed by atoms with van der Waals surface area (Å²) in [5, 5.41) is 3.27. The SMILES string of the molecule is CCCN1C(=O)C(Nc2cc(C)ccc2C)=C(c2ccc(C)c(C)c2)C1=O. The zero-order chi connectivity index (χ0) is 19.7. The zero-order valence-corrected chi connectivity index (χ0v) is 16.6. The van der Waals surface area contributed by atoms with Crippen molar-refractivity contribution < 1.29 is 9.59 Å². The van der Waals surface area contributed by atoms with E-state index in [9.17, 15) is 9.59 Å². The third-order valence-corrected chi connectivity index (χ3v) is 5.06. The van der Waals surface area contributed by atoms with E-state index in [0.717, 1.165) is 39.9 Å². The normalized spacial score (nSPS) is 14.3. The van der Waals surface area contributed by atoms with Crippen molar-refractivity contribution >= 4 is 23.1 Å². The number of carbonyl (C=O) groups excluding carboxylic acids is 2. The first kappa shape index (κ1) is 18.9. The van der Waals surface area contributed by atoms with E-state index in [-0.39, 0.29) is 11.8 Å². The lowest BCUT2D eigenvalue weighted by Gasteiger charge is -2.14. The summed E-state index contributed by atoms with van der Waals surface area (Å²) >= 11 is 0. The Bertz CT molecular complexity index is 957. The fourth-order valence-electron chi connectivity index (χ4n) is 3.29. The molecule has 2 aromatic rings. The van der Waals surface area contributed by atoms with Gasteiger partial charge in [-0.3, -0.25) is 14.5 Å². The zero-order valence-electron chi connectivity index (χ0n) is 16.6. The van der Waals surface area contributed by atoms with Gasteiger partial charge in [0.05, 0.1) is 5.57 Å². The monoisotopic (exact) mass is 362 g/mol. The summed E-state index contributed by atoms with van der Waals surface area (Å²) in [6.45, 7) is 10.4. The Morgan fingerprint density at radius 3 is 2.22 bits per heavy atom. The van der Waals surface area contributed by atoms with Crippen LogP contribution in [0.2, 0.25) is 0 Å². The Labute approximate surface area is 160 Å². The molecule has 3 rings (SSSR count). The van der Waals surface area contributed by atoms with Gasteiger partial charge in [-0.15, -0.1) is 0 Å². The highest BCUT2D eigenvalue weighted by atomic mass is 16.2. The van der Waals surface area contributed by atoms with Crippen LogP contribution in [0.15, 0.2) is 42.1 Å².